The molecule has 0 bridgehead atoms. The van der Waals surface area contributed by atoms with Crippen molar-refractivity contribution in [3.8, 4) is 28.8 Å². The van der Waals surface area contributed by atoms with Crippen molar-refractivity contribution in [2.24, 2.45) is 0 Å². The average Bonchev–Trinajstić information content (AvgIpc) is 3.61. The molecule has 1 amide bonds. The Balaban J connectivity index is 1.47. The van der Waals surface area contributed by atoms with Crippen molar-refractivity contribution < 1.29 is 19.0 Å². The number of piperazine rings is 1. The van der Waals surface area contributed by atoms with Crippen LogP contribution < -0.4 is 15.0 Å². The van der Waals surface area contributed by atoms with Crippen LogP contribution in [0.5, 0.6) is 5.75 Å². The van der Waals surface area contributed by atoms with Gasteiger partial charge >= 0.3 is 0 Å². The van der Waals surface area contributed by atoms with E-state index < -0.39 is 0 Å². The summed E-state index contributed by atoms with van der Waals surface area (Å²) in [5.74, 6) is 6.41. The van der Waals surface area contributed by atoms with E-state index in [0.29, 0.717) is 44.9 Å². The molecule has 0 atom stereocenters. The fraction of sp³-hybridized carbons (Fsp3) is 0.342. The largest absolute Gasteiger partial charge is 0.497 e. The van der Waals surface area contributed by atoms with Crippen LogP contribution in [0.3, 0.4) is 0 Å². The van der Waals surface area contributed by atoms with E-state index in [1.165, 1.54) is 20.6 Å². The van der Waals surface area contributed by atoms with Gasteiger partial charge in [-0.1, -0.05) is 24.1 Å². The molecule has 4 heterocycles. The van der Waals surface area contributed by atoms with E-state index in [1.807, 2.05) is 34.9 Å². The van der Waals surface area contributed by atoms with Crippen molar-refractivity contribution in [2.45, 2.75) is 31.7 Å². The number of likely N-dealkylation sites (N-methyl/N-ethyl adjacent to an activating group) is 1. The molecule has 6 rings (SSSR count). The van der Waals surface area contributed by atoms with Gasteiger partial charge in [0.2, 0.25) is 0 Å². The van der Waals surface area contributed by atoms with Crippen LogP contribution >= 0.6 is 23.2 Å². The number of aromatic nitrogens is 3. The first-order chi connectivity index (χ1) is 24.2. The summed E-state index contributed by atoms with van der Waals surface area (Å²) in [6.07, 6.45) is 10.5. The van der Waals surface area contributed by atoms with Crippen molar-refractivity contribution in [1.29, 1.82) is 0 Å². The number of nitrogens with zero attached hydrogens (tertiary/aromatic N) is 5. The lowest BCUT2D eigenvalue weighted by Gasteiger charge is -2.55. The Hall–Kier alpha value is -4.69. The Kier molecular flexibility index (Phi) is 10.3. The molecule has 10 nitrogen and oxygen atoms in total. The number of carbonyl (C=O) groups excluding carboxylic acids is 1. The predicted molar refractivity (Wildman–Crippen MR) is 201 cm³/mol. The number of imidazole rings is 1. The van der Waals surface area contributed by atoms with Gasteiger partial charge in [-0.3, -0.25) is 19.1 Å². The maximum atomic E-state index is 12.9. The van der Waals surface area contributed by atoms with Gasteiger partial charge in [0.1, 0.15) is 22.9 Å². The van der Waals surface area contributed by atoms with Gasteiger partial charge in [-0.2, -0.15) is 0 Å². The van der Waals surface area contributed by atoms with Crippen LogP contribution in [0.2, 0.25) is 0 Å². The van der Waals surface area contributed by atoms with Gasteiger partial charge < -0.3 is 24.4 Å². The van der Waals surface area contributed by atoms with Gasteiger partial charge in [0.15, 0.2) is 0 Å². The smallest absolute Gasteiger partial charge is 0.300 e. The molecule has 1 aliphatic carbocycles. The highest BCUT2D eigenvalue weighted by Gasteiger charge is 2.45. The zero-order chi connectivity index (χ0) is 35.6. The van der Waals surface area contributed by atoms with Crippen LogP contribution in [-0.4, -0.2) is 84.6 Å². The van der Waals surface area contributed by atoms with Crippen molar-refractivity contribution in [3.63, 3.8) is 0 Å². The van der Waals surface area contributed by atoms with Gasteiger partial charge in [0, 0.05) is 83.9 Å². The van der Waals surface area contributed by atoms with Crippen LogP contribution in [0.25, 0.3) is 33.4 Å². The zero-order valence-electron chi connectivity index (χ0n) is 28.9. The first-order valence-electron chi connectivity index (χ1n) is 16.3. The van der Waals surface area contributed by atoms with Gasteiger partial charge in [-0.05, 0) is 57.4 Å². The van der Waals surface area contributed by atoms with Gasteiger partial charge in [0.25, 0.3) is 5.91 Å². The Morgan fingerprint density at radius 2 is 1.94 bits per heavy atom. The fourth-order valence-corrected chi connectivity index (χ4v) is 7.48. The molecular weight excluding hydrogens is 675 g/mol. The number of benzene rings is 1. The second-order valence-electron chi connectivity index (χ2n) is 12.4. The Bertz CT molecular complexity index is 2110. The summed E-state index contributed by atoms with van der Waals surface area (Å²) in [6.45, 7) is 8.11. The topological polar surface area (TPSA) is 93.5 Å². The zero-order valence-corrected chi connectivity index (χ0v) is 30.4. The molecule has 0 radical (unpaired) electrons. The van der Waals surface area contributed by atoms with E-state index in [4.69, 9.17) is 42.4 Å². The highest BCUT2D eigenvalue weighted by molar-refractivity contribution is 6.37. The third kappa shape index (κ3) is 6.49. The molecule has 12 heteroatoms. The number of carbonyl (C=O) groups is 1. The number of hydrogen-bond donors (Lipinski definition) is 1. The number of alkyl halides is 1. The summed E-state index contributed by atoms with van der Waals surface area (Å²) in [5.41, 5.74) is 5.92. The molecule has 1 aromatic carbocycles. The summed E-state index contributed by atoms with van der Waals surface area (Å²) in [5, 5.41) is 4.19. The average molecular weight is 716 g/mol. The molecule has 1 saturated carbocycles. The molecular formula is C38H40Cl2N6O4. The van der Waals surface area contributed by atoms with E-state index in [0.717, 1.165) is 60.2 Å². The minimum atomic E-state index is -0.378. The quantitative estimate of drug-likeness (QED) is 0.0807. The van der Waals surface area contributed by atoms with Gasteiger partial charge in [0.05, 0.1) is 48.9 Å². The van der Waals surface area contributed by atoms with E-state index in [2.05, 4.69) is 45.6 Å². The number of allylic oxidation sites excluding steroid dienone is 3. The van der Waals surface area contributed by atoms with Crippen LogP contribution in [-0.2, 0) is 14.3 Å². The number of halogens is 2. The minimum absolute atomic E-state index is 0.0907. The summed E-state index contributed by atoms with van der Waals surface area (Å²) in [6, 6.07) is 7.88. The van der Waals surface area contributed by atoms with Crippen molar-refractivity contribution >= 4 is 62.6 Å². The summed E-state index contributed by atoms with van der Waals surface area (Å²) in [7, 11) is 6.90. The van der Waals surface area contributed by atoms with Crippen LogP contribution in [0.1, 0.15) is 31.7 Å². The molecule has 260 valence electrons. The Labute approximate surface area is 302 Å². The molecule has 4 aromatic rings. The normalized spacial score (nSPS) is 16.4. The number of fused-ring (bicyclic) bond motifs is 3. The molecule has 50 heavy (non-hydrogen) atoms. The number of pyridine rings is 2. The lowest BCUT2D eigenvalue weighted by atomic mass is 9.74. The molecule has 3 aromatic heterocycles. The number of anilines is 2. The first kappa shape index (κ1) is 35.1. The predicted octanol–water partition coefficient (Wildman–Crippen LogP) is 7.07. The van der Waals surface area contributed by atoms with Crippen LogP contribution in [0.15, 0.2) is 72.1 Å². The molecule has 1 saturated heterocycles. The van der Waals surface area contributed by atoms with Crippen LogP contribution in [0.4, 0.5) is 11.4 Å². The highest BCUT2D eigenvalue weighted by Crippen LogP contribution is 2.45. The first-order valence-corrected chi connectivity index (χ1v) is 17.2. The molecule has 1 N–H and O–H groups in total. The lowest BCUT2D eigenvalue weighted by molar-refractivity contribution is -0.111. The van der Waals surface area contributed by atoms with Gasteiger partial charge in [-0.15, -0.1) is 11.6 Å². The third-order valence-corrected chi connectivity index (χ3v) is 10.5. The van der Waals surface area contributed by atoms with Crippen molar-refractivity contribution in [2.75, 3.05) is 64.1 Å². The van der Waals surface area contributed by atoms with E-state index in [1.54, 1.807) is 32.5 Å². The van der Waals surface area contributed by atoms with E-state index in [9.17, 15) is 4.79 Å². The monoisotopic (exact) mass is 714 g/mol. The third-order valence-electron chi connectivity index (χ3n) is 9.77. The lowest BCUT2D eigenvalue weighted by Crippen LogP contribution is -2.64. The van der Waals surface area contributed by atoms with E-state index >= 15 is 0 Å². The number of methoxy groups -OCH3 is 3. The second kappa shape index (κ2) is 14.7. The minimum Gasteiger partial charge on any atom is -0.497 e. The fourth-order valence-electron chi connectivity index (χ4n) is 6.84. The SMILES string of the molecule is C=C(/C=C(OC)\C(Cl)=C(/CCl)c1cc2cnc(-c3cc(NC(=O)C#CC)c(N4CCN(C)C5(CCC5)C4)cc3OC)cc2n2ccnc12)OC. The summed E-state index contributed by atoms with van der Waals surface area (Å²) >= 11 is 13.4. The summed E-state index contributed by atoms with van der Waals surface area (Å²) in [4.78, 5) is 27.2. The van der Waals surface area contributed by atoms with E-state index in [-0.39, 0.29) is 17.3 Å². The number of ether oxygens (including phenoxy) is 3. The standard InChI is InChI=1S/C38H40Cl2N6O4/c1-7-9-35(47)43-30-18-27(33(49-5)20-32(30)45-15-14-44(3)38(23-45)10-8-11-38)29-19-31-25(22-42-29)17-26(37-41-12-13-46(31)37)28(21-39)36(40)34(50-6)16-24(2)48-4/h12-13,16-20,22H,2,8,10-11,14-15,21,23H2,1,3-6H3,(H,43,47)/b34-16+,36-28-. The molecule has 2 fully saturated rings. The summed E-state index contributed by atoms with van der Waals surface area (Å²) < 4.78 is 18.7. The van der Waals surface area contributed by atoms with Crippen molar-refractivity contribution in [1.82, 2.24) is 19.3 Å². The Morgan fingerprint density at radius 1 is 1.14 bits per heavy atom. The number of nitrogens with one attached hydrogen (secondary N) is 1. The number of hydrogen-bond acceptors (Lipinski definition) is 8. The maximum absolute atomic E-state index is 12.9. The Morgan fingerprint density at radius 3 is 2.60 bits per heavy atom. The number of amides is 1. The molecule has 0 unspecified atom stereocenters. The number of rotatable bonds is 10. The van der Waals surface area contributed by atoms with Crippen LogP contribution in [0, 0.1) is 11.8 Å². The highest BCUT2D eigenvalue weighted by atomic mass is 35.5. The van der Waals surface area contributed by atoms with Gasteiger partial charge in [-0.25, -0.2) is 4.98 Å². The van der Waals surface area contributed by atoms with Crippen molar-refractivity contribution in [3.05, 3.63) is 77.6 Å². The molecule has 1 spiro atoms. The maximum Gasteiger partial charge on any atom is 0.300 e. The molecule has 2 aliphatic rings. The second-order valence-corrected chi connectivity index (χ2v) is 13.1. The molecule has 1 aliphatic heterocycles.